The molecule has 30 heavy (non-hydrogen) atoms. The highest BCUT2D eigenvalue weighted by Gasteiger charge is 2.44. The SMILES string of the molecule is CNCC[C@@](O)(c1ccco1)[C@H](c1ccccc1)c1cc2ccccc2nc1OC. The Morgan fingerprint density at radius 2 is 1.83 bits per heavy atom. The molecule has 2 heterocycles. The van der Waals surface area contributed by atoms with E-state index in [2.05, 4.69) is 11.4 Å². The zero-order chi connectivity index (χ0) is 21.0. The van der Waals surface area contributed by atoms with E-state index in [1.165, 1.54) is 0 Å². The number of para-hydroxylation sites is 1. The van der Waals surface area contributed by atoms with Gasteiger partial charge in [0.25, 0.3) is 0 Å². The van der Waals surface area contributed by atoms with Crippen LogP contribution in [0.3, 0.4) is 0 Å². The average molecular weight is 402 g/mol. The summed E-state index contributed by atoms with van der Waals surface area (Å²) in [6.07, 6.45) is 2.05. The molecular weight excluding hydrogens is 376 g/mol. The van der Waals surface area contributed by atoms with E-state index in [1.54, 1.807) is 19.4 Å². The molecule has 2 aromatic carbocycles. The average Bonchev–Trinajstić information content (AvgIpc) is 3.34. The molecule has 2 atom stereocenters. The predicted molar refractivity (Wildman–Crippen MR) is 118 cm³/mol. The van der Waals surface area contributed by atoms with E-state index < -0.39 is 11.5 Å². The molecule has 5 heteroatoms. The van der Waals surface area contributed by atoms with E-state index in [0.717, 1.165) is 22.0 Å². The summed E-state index contributed by atoms with van der Waals surface area (Å²) in [6.45, 7) is 0.615. The molecule has 4 rings (SSSR count). The molecule has 0 fully saturated rings. The van der Waals surface area contributed by atoms with Crippen molar-refractivity contribution in [3.63, 3.8) is 0 Å². The van der Waals surface area contributed by atoms with Crippen molar-refractivity contribution in [2.75, 3.05) is 20.7 Å². The number of aromatic nitrogens is 1. The van der Waals surface area contributed by atoms with Crippen LogP contribution in [0.25, 0.3) is 10.9 Å². The largest absolute Gasteiger partial charge is 0.481 e. The Labute approximate surface area is 176 Å². The predicted octanol–water partition coefficient (Wildman–Crippen LogP) is 4.47. The molecule has 0 aliphatic heterocycles. The molecule has 2 N–H and O–H groups in total. The summed E-state index contributed by atoms with van der Waals surface area (Å²) < 4.78 is 11.4. The highest BCUT2D eigenvalue weighted by molar-refractivity contribution is 5.80. The number of hydrogen-bond acceptors (Lipinski definition) is 5. The van der Waals surface area contributed by atoms with Gasteiger partial charge in [-0.15, -0.1) is 0 Å². The van der Waals surface area contributed by atoms with Crippen molar-refractivity contribution < 1.29 is 14.3 Å². The Balaban J connectivity index is 1.98. The Morgan fingerprint density at radius 3 is 2.53 bits per heavy atom. The zero-order valence-corrected chi connectivity index (χ0v) is 17.2. The number of aliphatic hydroxyl groups is 1. The van der Waals surface area contributed by atoms with Gasteiger partial charge in [-0.05, 0) is 49.8 Å². The summed E-state index contributed by atoms with van der Waals surface area (Å²) >= 11 is 0. The number of methoxy groups -OCH3 is 1. The second-order valence-electron chi connectivity index (χ2n) is 7.38. The van der Waals surface area contributed by atoms with E-state index in [9.17, 15) is 5.11 Å². The van der Waals surface area contributed by atoms with E-state index in [4.69, 9.17) is 14.1 Å². The number of ether oxygens (including phenoxy) is 1. The fourth-order valence-corrected chi connectivity index (χ4v) is 4.09. The summed E-state index contributed by atoms with van der Waals surface area (Å²) in [5.74, 6) is 0.573. The molecule has 2 aromatic heterocycles. The number of nitrogens with zero attached hydrogens (tertiary/aromatic N) is 1. The van der Waals surface area contributed by atoms with E-state index in [1.807, 2.05) is 67.7 Å². The molecule has 0 saturated carbocycles. The van der Waals surface area contributed by atoms with E-state index in [0.29, 0.717) is 24.6 Å². The third kappa shape index (κ3) is 3.70. The van der Waals surface area contributed by atoms with Gasteiger partial charge in [0.1, 0.15) is 11.4 Å². The Morgan fingerprint density at radius 1 is 1.07 bits per heavy atom. The van der Waals surface area contributed by atoms with Gasteiger partial charge >= 0.3 is 0 Å². The number of furan rings is 1. The van der Waals surface area contributed by atoms with Gasteiger partial charge in [-0.2, -0.15) is 0 Å². The van der Waals surface area contributed by atoms with Crippen molar-refractivity contribution in [2.24, 2.45) is 0 Å². The highest BCUT2D eigenvalue weighted by Crippen LogP contribution is 2.47. The lowest BCUT2D eigenvalue weighted by molar-refractivity contribution is -0.00987. The summed E-state index contributed by atoms with van der Waals surface area (Å²) in [5.41, 5.74) is 1.33. The smallest absolute Gasteiger partial charge is 0.217 e. The first kappa shape index (κ1) is 20.1. The maximum Gasteiger partial charge on any atom is 0.217 e. The zero-order valence-electron chi connectivity index (χ0n) is 17.2. The standard InChI is InChI=1S/C25H26N2O3/c1-26-15-14-25(28,22-13-8-16-30-22)23(18-9-4-3-5-10-18)20-17-19-11-6-7-12-21(19)27-24(20)29-2/h3-13,16-17,23,26,28H,14-15H2,1-2H3/t23-,25-/m1/s1. The van der Waals surface area contributed by atoms with Crippen LogP contribution in [0, 0.1) is 0 Å². The van der Waals surface area contributed by atoms with Crippen molar-refractivity contribution >= 4 is 10.9 Å². The van der Waals surface area contributed by atoms with E-state index >= 15 is 0 Å². The van der Waals surface area contributed by atoms with Gasteiger partial charge in [-0.3, -0.25) is 0 Å². The summed E-state index contributed by atoms with van der Waals surface area (Å²) in [5, 5.41) is 16.3. The normalized spacial score (nSPS) is 14.4. The van der Waals surface area contributed by atoms with Crippen molar-refractivity contribution in [3.05, 3.63) is 95.9 Å². The number of nitrogens with one attached hydrogen (secondary N) is 1. The Bertz CT molecular complexity index is 1100. The summed E-state index contributed by atoms with van der Waals surface area (Å²) in [4.78, 5) is 4.74. The third-order valence-corrected chi connectivity index (χ3v) is 5.54. The second-order valence-corrected chi connectivity index (χ2v) is 7.38. The molecule has 0 bridgehead atoms. The van der Waals surface area contributed by atoms with Gasteiger partial charge in [0, 0.05) is 10.9 Å². The van der Waals surface area contributed by atoms with Gasteiger partial charge in [-0.25, -0.2) is 4.98 Å². The molecule has 0 saturated heterocycles. The Hall–Kier alpha value is -3.15. The molecule has 0 radical (unpaired) electrons. The molecular formula is C25H26N2O3. The van der Waals surface area contributed by atoms with Crippen molar-refractivity contribution in [1.82, 2.24) is 10.3 Å². The van der Waals surface area contributed by atoms with Crippen LogP contribution < -0.4 is 10.1 Å². The van der Waals surface area contributed by atoms with Crippen LogP contribution in [0.15, 0.2) is 83.5 Å². The summed E-state index contributed by atoms with van der Waals surface area (Å²) in [7, 11) is 3.49. The lowest BCUT2D eigenvalue weighted by atomic mass is 9.74. The van der Waals surface area contributed by atoms with Gasteiger partial charge in [0.2, 0.25) is 5.88 Å². The van der Waals surface area contributed by atoms with Crippen LogP contribution in [-0.4, -0.2) is 30.8 Å². The van der Waals surface area contributed by atoms with Gasteiger partial charge in [0.15, 0.2) is 0 Å². The first-order chi connectivity index (χ1) is 14.7. The van der Waals surface area contributed by atoms with Crippen LogP contribution in [-0.2, 0) is 5.60 Å². The van der Waals surface area contributed by atoms with Gasteiger partial charge in [0.05, 0.1) is 24.8 Å². The van der Waals surface area contributed by atoms with Crippen molar-refractivity contribution in [2.45, 2.75) is 17.9 Å². The van der Waals surface area contributed by atoms with Crippen LogP contribution in [0.4, 0.5) is 0 Å². The topological polar surface area (TPSA) is 67.5 Å². The molecule has 4 aromatic rings. The number of pyridine rings is 1. The fraction of sp³-hybridized carbons (Fsp3) is 0.240. The molecule has 0 spiro atoms. The lowest BCUT2D eigenvalue weighted by Crippen LogP contribution is -2.37. The second kappa shape index (κ2) is 8.69. The number of benzene rings is 2. The highest BCUT2D eigenvalue weighted by atomic mass is 16.5. The summed E-state index contributed by atoms with van der Waals surface area (Å²) in [6, 6.07) is 23.6. The monoisotopic (exact) mass is 402 g/mol. The minimum atomic E-state index is -1.30. The van der Waals surface area contributed by atoms with E-state index in [-0.39, 0.29) is 0 Å². The van der Waals surface area contributed by atoms with Crippen LogP contribution >= 0.6 is 0 Å². The molecule has 0 aliphatic rings. The molecule has 5 nitrogen and oxygen atoms in total. The fourth-order valence-electron chi connectivity index (χ4n) is 4.09. The first-order valence-electron chi connectivity index (χ1n) is 10.1. The number of hydrogen-bond donors (Lipinski definition) is 2. The Kier molecular flexibility index (Phi) is 5.84. The molecule has 0 aliphatic carbocycles. The molecule has 154 valence electrons. The van der Waals surface area contributed by atoms with Crippen molar-refractivity contribution in [1.29, 1.82) is 0 Å². The van der Waals surface area contributed by atoms with Crippen molar-refractivity contribution in [3.8, 4) is 5.88 Å². The quantitative estimate of drug-likeness (QED) is 0.455. The molecule has 0 unspecified atom stereocenters. The van der Waals surface area contributed by atoms with Crippen LogP contribution in [0.5, 0.6) is 5.88 Å². The van der Waals surface area contributed by atoms with Gasteiger partial charge < -0.3 is 19.6 Å². The van der Waals surface area contributed by atoms with Gasteiger partial charge in [-0.1, -0.05) is 48.5 Å². The minimum absolute atomic E-state index is 0.440. The minimum Gasteiger partial charge on any atom is -0.481 e. The first-order valence-corrected chi connectivity index (χ1v) is 10.1. The molecule has 0 amide bonds. The lowest BCUT2D eigenvalue weighted by Gasteiger charge is -2.36. The number of fused-ring (bicyclic) bond motifs is 1. The van der Waals surface area contributed by atoms with Crippen LogP contribution in [0.2, 0.25) is 0 Å². The maximum atomic E-state index is 12.1. The maximum absolute atomic E-state index is 12.1. The van der Waals surface area contributed by atoms with Crippen LogP contribution in [0.1, 0.15) is 29.2 Å². The number of rotatable bonds is 8. The third-order valence-electron chi connectivity index (χ3n) is 5.54.